The Balaban J connectivity index is 1.61. The third-order valence-electron chi connectivity index (χ3n) is 4.05. The van der Waals surface area contributed by atoms with Gasteiger partial charge in [0.2, 0.25) is 0 Å². The summed E-state index contributed by atoms with van der Waals surface area (Å²) in [6.45, 7) is 3.27. The van der Waals surface area contributed by atoms with Gasteiger partial charge in [0.05, 0.1) is 11.8 Å². The lowest BCUT2D eigenvalue weighted by Crippen LogP contribution is -2.21. The number of aliphatic hydroxyl groups is 1. The van der Waals surface area contributed by atoms with Crippen molar-refractivity contribution >= 4 is 27.2 Å². The number of aromatic nitrogens is 1. The van der Waals surface area contributed by atoms with E-state index in [2.05, 4.69) is 34.6 Å². The number of nitrogens with one attached hydrogen (secondary N) is 1. The van der Waals surface area contributed by atoms with Gasteiger partial charge in [-0.1, -0.05) is 36.4 Å². The van der Waals surface area contributed by atoms with Crippen LogP contribution in [0.15, 0.2) is 42.5 Å². The van der Waals surface area contributed by atoms with Gasteiger partial charge < -0.3 is 15.3 Å². The standard InChI is InChI=1S/C19H23N3OS/c1-13-18(24-19(21-13)22(2)3)12-20-11-17(23)16-9-8-14-6-4-5-7-15(14)10-16/h4-10,17,20,23H,11-12H2,1-3H3. The molecule has 2 aromatic carbocycles. The fourth-order valence-electron chi connectivity index (χ4n) is 2.62. The summed E-state index contributed by atoms with van der Waals surface area (Å²) in [5.41, 5.74) is 1.99. The zero-order valence-electron chi connectivity index (χ0n) is 14.3. The largest absolute Gasteiger partial charge is 0.387 e. The molecule has 0 spiro atoms. The monoisotopic (exact) mass is 341 g/mol. The third kappa shape index (κ3) is 3.75. The Labute approximate surface area is 146 Å². The highest BCUT2D eigenvalue weighted by Crippen LogP contribution is 2.24. The first kappa shape index (κ1) is 16.9. The lowest BCUT2D eigenvalue weighted by molar-refractivity contribution is 0.174. The Bertz CT molecular complexity index is 828. The zero-order valence-corrected chi connectivity index (χ0v) is 15.1. The van der Waals surface area contributed by atoms with E-state index >= 15 is 0 Å². The summed E-state index contributed by atoms with van der Waals surface area (Å²) in [6, 6.07) is 14.3. The first-order valence-electron chi connectivity index (χ1n) is 8.05. The van der Waals surface area contributed by atoms with Gasteiger partial charge >= 0.3 is 0 Å². The lowest BCUT2D eigenvalue weighted by atomic mass is 10.0. The van der Waals surface area contributed by atoms with Gasteiger partial charge in [-0.2, -0.15) is 0 Å². The molecule has 3 aromatic rings. The summed E-state index contributed by atoms with van der Waals surface area (Å²) in [4.78, 5) is 7.77. The highest BCUT2D eigenvalue weighted by molar-refractivity contribution is 7.15. The number of aryl methyl sites for hydroxylation is 1. The SMILES string of the molecule is Cc1nc(N(C)C)sc1CNCC(O)c1ccc2ccccc2c1. The Kier molecular flexibility index (Phi) is 5.14. The van der Waals surface area contributed by atoms with E-state index in [0.717, 1.165) is 28.3 Å². The number of anilines is 1. The van der Waals surface area contributed by atoms with Gasteiger partial charge in [-0.15, -0.1) is 11.3 Å². The Hall–Kier alpha value is -1.95. The molecular weight excluding hydrogens is 318 g/mol. The van der Waals surface area contributed by atoms with Crippen molar-refractivity contribution < 1.29 is 5.11 Å². The van der Waals surface area contributed by atoms with Crippen molar-refractivity contribution in [3.63, 3.8) is 0 Å². The molecule has 0 aliphatic carbocycles. The van der Waals surface area contributed by atoms with Crippen LogP contribution in [-0.2, 0) is 6.54 Å². The quantitative estimate of drug-likeness (QED) is 0.720. The van der Waals surface area contributed by atoms with E-state index in [1.807, 2.05) is 44.1 Å². The van der Waals surface area contributed by atoms with E-state index in [1.165, 1.54) is 10.3 Å². The third-order valence-corrected chi connectivity index (χ3v) is 5.37. The summed E-state index contributed by atoms with van der Waals surface area (Å²) in [6.07, 6.45) is -0.517. The van der Waals surface area contributed by atoms with Crippen LogP contribution < -0.4 is 10.2 Å². The number of benzene rings is 2. The Morgan fingerprint density at radius 2 is 1.92 bits per heavy atom. The zero-order chi connectivity index (χ0) is 17.1. The van der Waals surface area contributed by atoms with Crippen molar-refractivity contribution in [2.45, 2.75) is 19.6 Å². The van der Waals surface area contributed by atoms with Crippen LogP contribution in [0.2, 0.25) is 0 Å². The smallest absolute Gasteiger partial charge is 0.185 e. The highest BCUT2D eigenvalue weighted by Gasteiger charge is 2.11. The Morgan fingerprint density at radius 3 is 2.62 bits per heavy atom. The molecule has 0 fully saturated rings. The van der Waals surface area contributed by atoms with Gasteiger partial charge in [-0.05, 0) is 29.3 Å². The molecule has 5 heteroatoms. The maximum Gasteiger partial charge on any atom is 0.185 e. The van der Waals surface area contributed by atoms with Crippen LogP contribution in [0, 0.1) is 6.92 Å². The summed E-state index contributed by atoms with van der Waals surface area (Å²) in [7, 11) is 4.00. The van der Waals surface area contributed by atoms with Crippen molar-refractivity contribution in [2.24, 2.45) is 0 Å². The van der Waals surface area contributed by atoms with Crippen LogP contribution in [0.1, 0.15) is 22.2 Å². The number of thiazole rings is 1. The van der Waals surface area contributed by atoms with Gasteiger partial charge in [-0.25, -0.2) is 4.98 Å². The molecule has 1 unspecified atom stereocenters. The molecule has 0 saturated carbocycles. The normalized spacial score (nSPS) is 12.5. The summed E-state index contributed by atoms with van der Waals surface area (Å²) < 4.78 is 0. The lowest BCUT2D eigenvalue weighted by Gasteiger charge is -2.13. The molecule has 0 saturated heterocycles. The number of hydrogen-bond acceptors (Lipinski definition) is 5. The first-order valence-corrected chi connectivity index (χ1v) is 8.87. The minimum absolute atomic E-state index is 0.517. The molecule has 0 bridgehead atoms. The predicted octanol–water partition coefficient (Wildman–Crippen LogP) is 3.49. The molecule has 2 N–H and O–H groups in total. The summed E-state index contributed by atoms with van der Waals surface area (Å²) in [5.74, 6) is 0. The average Bonchev–Trinajstić information content (AvgIpc) is 2.95. The fourth-order valence-corrected chi connectivity index (χ4v) is 3.58. The van der Waals surface area contributed by atoms with E-state index in [-0.39, 0.29) is 0 Å². The van der Waals surface area contributed by atoms with E-state index in [0.29, 0.717) is 6.54 Å². The van der Waals surface area contributed by atoms with Crippen molar-refractivity contribution in [2.75, 3.05) is 25.5 Å². The minimum atomic E-state index is -0.517. The van der Waals surface area contributed by atoms with Crippen molar-refractivity contribution in [1.82, 2.24) is 10.3 Å². The van der Waals surface area contributed by atoms with E-state index in [9.17, 15) is 5.11 Å². The topological polar surface area (TPSA) is 48.4 Å². The number of hydrogen-bond donors (Lipinski definition) is 2. The average molecular weight is 341 g/mol. The molecule has 0 aliphatic heterocycles. The second-order valence-corrected chi connectivity index (χ2v) is 7.21. The van der Waals surface area contributed by atoms with Gasteiger partial charge in [0.15, 0.2) is 5.13 Å². The van der Waals surface area contributed by atoms with Gasteiger partial charge in [0.25, 0.3) is 0 Å². The predicted molar refractivity (Wildman–Crippen MR) is 102 cm³/mol. The minimum Gasteiger partial charge on any atom is -0.387 e. The molecule has 3 rings (SSSR count). The molecule has 4 nitrogen and oxygen atoms in total. The van der Waals surface area contributed by atoms with Crippen molar-refractivity contribution in [3.05, 3.63) is 58.6 Å². The molecule has 24 heavy (non-hydrogen) atoms. The number of rotatable bonds is 6. The van der Waals surface area contributed by atoms with Crippen LogP contribution in [0.3, 0.4) is 0 Å². The molecule has 1 atom stereocenters. The van der Waals surface area contributed by atoms with Gasteiger partial charge in [-0.3, -0.25) is 0 Å². The van der Waals surface area contributed by atoms with Gasteiger partial charge in [0.1, 0.15) is 0 Å². The fraction of sp³-hybridized carbons (Fsp3) is 0.316. The van der Waals surface area contributed by atoms with Crippen LogP contribution in [-0.4, -0.2) is 30.7 Å². The van der Waals surface area contributed by atoms with Crippen LogP contribution in [0.25, 0.3) is 10.8 Å². The summed E-state index contributed by atoms with van der Waals surface area (Å²) >= 11 is 1.69. The maximum absolute atomic E-state index is 10.4. The Morgan fingerprint density at radius 1 is 1.17 bits per heavy atom. The van der Waals surface area contributed by atoms with E-state index < -0.39 is 6.10 Å². The van der Waals surface area contributed by atoms with Crippen LogP contribution in [0.5, 0.6) is 0 Å². The molecule has 1 aromatic heterocycles. The van der Waals surface area contributed by atoms with Gasteiger partial charge in [0, 0.05) is 32.1 Å². The summed E-state index contributed by atoms with van der Waals surface area (Å²) in [5, 5.41) is 17.1. The van der Waals surface area contributed by atoms with E-state index in [4.69, 9.17) is 0 Å². The molecular formula is C19H23N3OS. The highest BCUT2D eigenvalue weighted by atomic mass is 32.1. The molecule has 0 amide bonds. The molecule has 1 heterocycles. The number of fused-ring (bicyclic) bond motifs is 1. The van der Waals surface area contributed by atoms with E-state index in [1.54, 1.807) is 11.3 Å². The second kappa shape index (κ2) is 7.30. The van der Waals surface area contributed by atoms with Crippen LogP contribution >= 0.6 is 11.3 Å². The second-order valence-electron chi connectivity index (χ2n) is 6.15. The van der Waals surface area contributed by atoms with Crippen molar-refractivity contribution in [1.29, 1.82) is 0 Å². The molecule has 0 radical (unpaired) electrons. The number of nitrogens with zero attached hydrogens (tertiary/aromatic N) is 2. The van der Waals surface area contributed by atoms with Crippen LogP contribution in [0.4, 0.5) is 5.13 Å². The van der Waals surface area contributed by atoms with Crippen molar-refractivity contribution in [3.8, 4) is 0 Å². The first-order chi connectivity index (χ1) is 11.5. The molecule has 126 valence electrons. The molecule has 0 aliphatic rings. The maximum atomic E-state index is 10.4. The number of aliphatic hydroxyl groups excluding tert-OH is 1.